The van der Waals surface area contributed by atoms with E-state index in [4.69, 9.17) is 0 Å². The van der Waals surface area contributed by atoms with Crippen LogP contribution >= 0.6 is 0 Å². The molecule has 1 aliphatic rings. The number of carbonyl (C=O) groups is 1. The normalized spacial score (nSPS) is 30.0. The molecule has 0 bridgehead atoms. The summed E-state index contributed by atoms with van der Waals surface area (Å²) in [7, 11) is 0. The minimum absolute atomic E-state index is 0.0384. The second-order valence-corrected chi connectivity index (χ2v) is 3.31. The second-order valence-electron chi connectivity index (χ2n) is 3.31. The van der Waals surface area contributed by atoms with Gasteiger partial charge in [-0.1, -0.05) is 6.58 Å². The molecule has 0 radical (unpaired) electrons. The summed E-state index contributed by atoms with van der Waals surface area (Å²) < 4.78 is 0. The molecular formula is C9H16N2O. The van der Waals surface area contributed by atoms with Crippen molar-refractivity contribution in [1.82, 2.24) is 10.2 Å². The van der Waals surface area contributed by atoms with Crippen LogP contribution in [0.15, 0.2) is 12.7 Å². The highest BCUT2D eigenvalue weighted by molar-refractivity contribution is 5.87. The van der Waals surface area contributed by atoms with E-state index in [0.717, 1.165) is 13.1 Å². The Morgan fingerprint density at radius 3 is 2.42 bits per heavy atom. The maximum absolute atomic E-state index is 11.4. The van der Waals surface area contributed by atoms with Crippen LogP contribution in [0.1, 0.15) is 13.8 Å². The molecule has 68 valence electrons. The molecule has 1 aliphatic heterocycles. The molecule has 3 nitrogen and oxygen atoms in total. The van der Waals surface area contributed by atoms with E-state index in [1.807, 2.05) is 18.7 Å². The summed E-state index contributed by atoms with van der Waals surface area (Å²) in [6, 6.07) is 0.554. The molecule has 2 unspecified atom stereocenters. The van der Waals surface area contributed by atoms with Crippen LogP contribution in [-0.4, -0.2) is 36.0 Å². The smallest absolute Gasteiger partial charge is 0.246 e. The molecule has 1 amide bonds. The van der Waals surface area contributed by atoms with Crippen LogP contribution < -0.4 is 5.32 Å². The third-order valence-electron chi connectivity index (χ3n) is 2.26. The Balaban J connectivity index is 2.68. The highest BCUT2D eigenvalue weighted by atomic mass is 16.2. The Morgan fingerprint density at radius 2 is 2.00 bits per heavy atom. The summed E-state index contributed by atoms with van der Waals surface area (Å²) in [5, 5.41) is 3.27. The summed E-state index contributed by atoms with van der Waals surface area (Å²) >= 11 is 0. The lowest BCUT2D eigenvalue weighted by atomic mass is 10.1. The van der Waals surface area contributed by atoms with Gasteiger partial charge in [0.2, 0.25) is 5.91 Å². The molecule has 3 heteroatoms. The summed E-state index contributed by atoms with van der Waals surface area (Å²) in [5.74, 6) is 0.0384. The van der Waals surface area contributed by atoms with Crippen molar-refractivity contribution in [1.29, 1.82) is 0 Å². The van der Waals surface area contributed by atoms with Gasteiger partial charge in [0, 0.05) is 25.2 Å². The number of piperazine rings is 1. The van der Waals surface area contributed by atoms with Gasteiger partial charge in [-0.25, -0.2) is 0 Å². The summed E-state index contributed by atoms with van der Waals surface area (Å²) in [5.41, 5.74) is 0. The molecule has 0 spiro atoms. The molecule has 1 fully saturated rings. The number of amides is 1. The Kier molecular flexibility index (Phi) is 2.87. The van der Waals surface area contributed by atoms with Crippen molar-refractivity contribution in [3.63, 3.8) is 0 Å². The standard InChI is InChI=1S/C9H16N2O/c1-4-9(12)11-7(2)5-10-6-8(11)3/h4,7-8,10H,1,5-6H2,2-3H3. The Bertz CT molecular complexity index is 181. The predicted molar refractivity (Wildman–Crippen MR) is 48.8 cm³/mol. The largest absolute Gasteiger partial charge is 0.331 e. The average molecular weight is 168 g/mol. The second kappa shape index (κ2) is 3.72. The van der Waals surface area contributed by atoms with Crippen molar-refractivity contribution in [3.05, 3.63) is 12.7 Å². The maximum Gasteiger partial charge on any atom is 0.246 e. The van der Waals surface area contributed by atoms with E-state index in [-0.39, 0.29) is 18.0 Å². The van der Waals surface area contributed by atoms with Crippen LogP contribution in [0.5, 0.6) is 0 Å². The van der Waals surface area contributed by atoms with Crippen LogP contribution in [0.3, 0.4) is 0 Å². The fourth-order valence-corrected chi connectivity index (χ4v) is 1.67. The molecule has 1 saturated heterocycles. The SMILES string of the molecule is C=CC(=O)N1C(C)CNCC1C. The van der Waals surface area contributed by atoms with Gasteiger partial charge in [-0.3, -0.25) is 4.79 Å². The summed E-state index contributed by atoms with van der Waals surface area (Å²) in [6.45, 7) is 9.34. The van der Waals surface area contributed by atoms with E-state index in [9.17, 15) is 4.79 Å². The summed E-state index contributed by atoms with van der Waals surface area (Å²) in [4.78, 5) is 13.2. The molecule has 0 saturated carbocycles. The van der Waals surface area contributed by atoms with Gasteiger partial charge in [-0.15, -0.1) is 0 Å². The average Bonchev–Trinajstić information content (AvgIpc) is 2.03. The molecular weight excluding hydrogens is 152 g/mol. The first-order valence-electron chi connectivity index (χ1n) is 4.32. The number of hydrogen-bond acceptors (Lipinski definition) is 2. The first kappa shape index (κ1) is 9.26. The molecule has 12 heavy (non-hydrogen) atoms. The summed E-state index contributed by atoms with van der Waals surface area (Å²) in [6.07, 6.45) is 1.39. The van der Waals surface area contributed by atoms with Gasteiger partial charge in [0.15, 0.2) is 0 Å². The van der Waals surface area contributed by atoms with Gasteiger partial charge in [0.25, 0.3) is 0 Å². The Hall–Kier alpha value is -0.830. The zero-order chi connectivity index (χ0) is 9.14. The topological polar surface area (TPSA) is 32.3 Å². The molecule has 1 rings (SSSR count). The van der Waals surface area contributed by atoms with Gasteiger partial charge >= 0.3 is 0 Å². The van der Waals surface area contributed by atoms with Crippen molar-refractivity contribution in [2.45, 2.75) is 25.9 Å². The van der Waals surface area contributed by atoms with Crippen LogP contribution in [0.2, 0.25) is 0 Å². The van der Waals surface area contributed by atoms with Gasteiger partial charge in [-0.2, -0.15) is 0 Å². The molecule has 1 heterocycles. The van der Waals surface area contributed by atoms with Gasteiger partial charge in [-0.05, 0) is 19.9 Å². The number of hydrogen-bond donors (Lipinski definition) is 1. The van der Waals surface area contributed by atoms with Crippen LogP contribution in [0.4, 0.5) is 0 Å². The molecule has 0 aromatic rings. The highest BCUT2D eigenvalue weighted by Crippen LogP contribution is 2.09. The van der Waals surface area contributed by atoms with Crippen molar-refractivity contribution >= 4 is 5.91 Å². The molecule has 0 aromatic carbocycles. The number of rotatable bonds is 1. The van der Waals surface area contributed by atoms with Crippen molar-refractivity contribution in [2.75, 3.05) is 13.1 Å². The fraction of sp³-hybridized carbons (Fsp3) is 0.667. The van der Waals surface area contributed by atoms with Crippen LogP contribution in [-0.2, 0) is 4.79 Å². The zero-order valence-corrected chi connectivity index (χ0v) is 7.71. The highest BCUT2D eigenvalue weighted by Gasteiger charge is 2.26. The van der Waals surface area contributed by atoms with E-state index in [0.29, 0.717) is 0 Å². The fourth-order valence-electron chi connectivity index (χ4n) is 1.67. The van der Waals surface area contributed by atoms with Crippen molar-refractivity contribution in [2.24, 2.45) is 0 Å². The van der Waals surface area contributed by atoms with Crippen LogP contribution in [0.25, 0.3) is 0 Å². The quantitative estimate of drug-likeness (QED) is 0.574. The predicted octanol–water partition coefficient (Wildman–Crippen LogP) is 0.381. The Labute approximate surface area is 73.4 Å². The van der Waals surface area contributed by atoms with Gasteiger partial charge in [0.05, 0.1) is 0 Å². The van der Waals surface area contributed by atoms with E-state index < -0.39 is 0 Å². The van der Waals surface area contributed by atoms with Crippen LogP contribution in [0, 0.1) is 0 Å². The third-order valence-corrected chi connectivity index (χ3v) is 2.26. The van der Waals surface area contributed by atoms with E-state index in [1.165, 1.54) is 6.08 Å². The molecule has 2 atom stereocenters. The Morgan fingerprint density at radius 1 is 1.50 bits per heavy atom. The van der Waals surface area contributed by atoms with E-state index in [1.54, 1.807) is 0 Å². The number of nitrogens with one attached hydrogen (secondary N) is 1. The van der Waals surface area contributed by atoms with Gasteiger partial charge in [0.1, 0.15) is 0 Å². The lowest BCUT2D eigenvalue weighted by molar-refractivity contribution is -0.131. The minimum Gasteiger partial charge on any atom is -0.331 e. The third kappa shape index (κ3) is 1.67. The first-order valence-corrected chi connectivity index (χ1v) is 4.32. The molecule has 0 aliphatic carbocycles. The number of carbonyl (C=O) groups excluding carboxylic acids is 1. The molecule has 0 aromatic heterocycles. The monoisotopic (exact) mass is 168 g/mol. The first-order chi connectivity index (χ1) is 5.66. The zero-order valence-electron chi connectivity index (χ0n) is 7.71. The van der Waals surface area contributed by atoms with Crippen molar-refractivity contribution in [3.8, 4) is 0 Å². The number of nitrogens with zero attached hydrogens (tertiary/aromatic N) is 1. The minimum atomic E-state index is 0.0384. The van der Waals surface area contributed by atoms with E-state index in [2.05, 4.69) is 11.9 Å². The molecule has 1 N–H and O–H groups in total. The van der Waals surface area contributed by atoms with Gasteiger partial charge < -0.3 is 10.2 Å². The maximum atomic E-state index is 11.4. The van der Waals surface area contributed by atoms with Crippen molar-refractivity contribution < 1.29 is 4.79 Å². The lowest BCUT2D eigenvalue weighted by Gasteiger charge is -2.38. The van der Waals surface area contributed by atoms with E-state index >= 15 is 0 Å². The lowest BCUT2D eigenvalue weighted by Crippen LogP contribution is -2.56.